The molecule has 1 aromatic heterocycles. The molecule has 1 amide bonds. The lowest BCUT2D eigenvalue weighted by Gasteiger charge is -1.97. The Balaban J connectivity index is 2.28. The molecule has 0 spiro atoms. The lowest BCUT2D eigenvalue weighted by Crippen LogP contribution is -2.26. The van der Waals surface area contributed by atoms with Crippen LogP contribution in [0.1, 0.15) is 9.80 Å². The van der Waals surface area contributed by atoms with Gasteiger partial charge in [0.15, 0.2) is 5.01 Å². The Kier molecular flexibility index (Phi) is 3.55. The minimum atomic E-state index is -0.265. The lowest BCUT2D eigenvalue weighted by atomic mass is 10.3. The Morgan fingerprint density at radius 2 is 2.41 bits per heavy atom. The summed E-state index contributed by atoms with van der Waals surface area (Å²) < 4.78 is 6.00. The molecule has 17 heavy (non-hydrogen) atoms. The number of methoxy groups -OCH3 is 1. The fraction of sp³-hybridized carbons (Fsp3) is 0.273. The number of aliphatic hydroxyl groups is 1. The first-order valence-electron chi connectivity index (χ1n) is 5.08. The van der Waals surface area contributed by atoms with E-state index >= 15 is 0 Å². The minimum absolute atomic E-state index is 0.0789. The van der Waals surface area contributed by atoms with Gasteiger partial charge in [-0.3, -0.25) is 4.79 Å². The Labute approximate surface area is 102 Å². The van der Waals surface area contributed by atoms with Gasteiger partial charge in [-0.25, -0.2) is 4.98 Å². The molecule has 6 heteroatoms. The average molecular weight is 252 g/mol. The van der Waals surface area contributed by atoms with E-state index in [1.54, 1.807) is 13.2 Å². The maximum absolute atomic E-state index is 11.6. The van der Waals surface area contributed by atoms with Crippen molar-refractivity contribution in [1.29, 1.82) is 0 Å². The van der Waals surface area contributed by atoms with Crippen LogP contribution in [0.3, 0.4) is 0 Å². The fourth-order valence-electron chi connectivity index (χ4n) is 1.37. The first-order valence-corrected chi connectivity index (χ1v) is 5.90. The molecule has 90 valence electrons. The van der Waals surface area contributed by atoms with Crippen LogP contribution in [0.25, 0.3) is 10.2 Å². The van der Waals surface area contributed by atoms with E-state index in [0.29, 0.717) is 5.01 Å². The van der Waals surface area contributed by atoms with Gasteiger partial charge in [-0.15, -0.1) is 11.3 Å². The average Bonchev–Trinajstić information content (AvgIpc) is 2.78. The van der Waals surface area contributed by atoms with Gasteiger partial charge < -0.3 is 15.2 Å². The zero-order chi connectivity index (χ0) is 12.3. The van der Waals surface area contributed by atoms with Gasteiger partial charge in [-0.05, 0) is 18.2 Å². The van der Waals surface area contributed by atoms with Gasteiger partial charge in [0.1, 0.15) is 5.75 Å². The van der Waals surface area contributed by atoms with Gasteiger partial charge in [-0.1, -0.05) is 0 Å². The molecule has 1 aromatic carbocycles. The molecule has 0 aliphatic heterocycles. The molecule has 0 saturated heterocycles. The van der Waals surface area contributed by atoms with E-state index in [2.05, 4.69) is 10.3 Å². The van der Waals surface area contributed by atoms with Gasteiger partial charge in [0, 0.05) is 6.54 Å². The van der Waals surface area contributed by atoms with Gasteiger partial charge in [0.25, 0.3) is 5.91 Å². The van der Waals surface area contributed by atoms with Gasteiger partial charge in [-0.2, -0.15) is 0 Å². The molecule has 0 aliphatic carbocycles. The summed E-state index contributed by atoms with van der Waals surface area (Å²) in [7, 11) is 1.59. The number of ether oxygens (including phenoxy) is 1. The third-order valence-electron chi connectivity index (χ3n) is 2.19. The molecular weight excluding hydrogens is 240 g/mol. The van der Waals surface area contributed by atoms with Crippen LogP contribution in [-0.2, 0) is 0 Å². The Bertz CT molecular complexity index is 538. The van der Waals surface area contributed by atoms with E-state index in [9.17, 15) is 4.79 Å². The number of aliphatic hydroxyl groups excluding tert-OH is 1. The first-order chi connectivity index (χ1) is 8.24. The van der Waals surface area contributed by atoms with E-state index < -0.39 is 0 Å². The summed E-state index contributed by atoms with van der Waals surface area (Å²) in [6.07, 6.45) is 0. The summed E-state index contributed by atoms with van der Waals surface area (Å²) >= 11 is 1.30. The predicted octanol–water partition coefficient (Wildman–Crippen LogP) is 1.03. The van der Waals surface area contributed by atoms with Crippen LogP contribution in [-0.4, -0.2) is 36.3 Å². The second-order valence-electron chi connectivity index (χ2n) is 3.33. The number of rotatable bonds is 4. The van der Waals surface area contributed by atoms with Crippen molar-refractivity contribution in [1.82, 2.24) is 10.3 Å². The van der Waals surface area contributed by atoms with E-state index in [-0.39, 0.29) is 19.1 Å². The number of fused-ring (bicyclic) bond motifs is 1. The number of thiazole rings is 1. The SMILES string of the molecule is COc1ccc2nc(C(=O)NCCO)sc2c1. The highest BCUT2D eigenvalue weighted by atomic mass is 32.1. The topological polar surface area (TPSA) is 71.5 Å². The number of nitrogens with zero attached hydrogens (tertiary/aromatic N) is 1. The summed E-state index contributed by atoms with van der Waals surface area (Å²) in [5.41, 5.74) is 0.768. The third-order valence-corrected chi connectivity index (χ3v) is 3.20. The molecule has 0 fully saturated rings. The Morgan fingerprint density at radius 3 is 3.12 bits per heavy atom. The van der Waals surface area contributed by atoms with E-state index in [1.807, 2.05) is 12.1 Å². The van der Waals surface area contributed by atoms with Crippen LogP contribution >= 0.6 is 11.3 Å². The molecule has 0 atom stereocenters. The summed E-state index contributed by atoms with van der Waals surface area (Å²) in [5, 5.41) is 11.6. The number of benzene rings is 1. The van der Waals surface area contributed by atoms with Crippen molar-refractivity contribution in [3.63, 3.8) is 0 Å². The summed E-state index contributed by atoms with van der Waals surface area (Å²) in [6, 6.07) is 5.46. The zero-order valence-electron chi connectivity index (χ0n) is 9.27. The normalized spacial score (nSPS) is 10.5. The second-order valence-corrected chi connectivity index (χ2v) is 4.36. The molecule has 0 bridgehead atoms. The molecule has 2 rings (SSSR count). The standard InChI is InChI=1S/C11H12N2O3S/c1-16-7-2-3-8-9(6-7)17-11(13-8)10(15)12-4-5-14/h2-3,6,14H,4-5H2,1H3,(H,12,15). The maximum Gasteiger partial charge on any atom is 0.280 e. The molecular formula is C11H12N2O3S. The number of aromatic nitrogens is 1. The third kappa shape index (κ3) is 2.54. The van der Waals surface area contributed by atoms with Gasteiger partial charge >= 0.3 is 0 Å². The lowest BCUT2D eigenvalue weighted by molar-refractivity contribution is 0.0944. The number of nitrogens with one attached hydrogen (secondary N) is 1. The first kappa shape index (κ1) is 11.8. The van der Waals surface area contributed by atoms with Crippen LogP contribution in [0.15, 0.2) is 18.2 Å². The number of carbonyl (C=O) groups excluding carboxylic acids is 1. The van der Waals surface area contributed by atoms with Crippen LogP contribution in [0.2, 0.25) is 0 Å². The second kappa shape index (κ2) is 5.11. The highest BCUT2D eigenvalue weighted by molar-refractivity contribution is 7.20. The van der Waals surface area contributed by atoms with Crippen LogP contribution in [0.5, 0.6) is 5.75 Å². The largest absolute Gasteiger partial charge is 0.497 e. The highest BCUT2D eigenvalue weighted by Gasteiger charge is 2.11. The van der Waals surface area contributed by atoms with Crippen molar-refractivity contribution in [2.24, 2.45) is 0 Å². The fourth-order valence-corrected chi connectivity index (χ4v) is 2.28. The van der Waals surface area contributed by atoms with Crippen molar-refractivity contribution in [3.05, 3.63) is 23.2 Å². The smallest absolute Gasteiger partial charge is 0.280 e. The number of hydrogen-bond donors (Lipinski definition) is 2. The van der Waals surface area contributed by atoms with Gasteiger partial charge in [0.05, 0.1) is 23.9 Å². The van der Waals surface area contributed by atoms with Crippen molar-refractivity contribution >= 4 is 27.5 Å². The van der Waals surface area contributed by atoms with Crippen molar-refractivity contribution < 1.29 is 14.6 Å². The molecule has 0 aliphatic rings. The van der Waals surface area contributed by atoms with Crippen LogP contribution in [0.4, 0.5) is 0 Å². The van der Waals surface area contributed by atoms with E-state index in [1.165, 1.54) is 11.3 Å². The number of carbonyl (C=O) groups is 1. The highest BCUT2D eigenvalue weighted by Crippen LogP contribution is 2.26. The minimum Gasteiger partial charge on any atom is -0.497 e. The molecule has 2 N–H and O–H groups in total. The number of amides is 1. The quantitative estimate of drug-likeness (QED) is 0.852. The summed E-state index contributed by atoms with van der Waals surface area (Å²) in [4.78, 5) is 15.8. The van der Waals surface area contributed by atoms with Gasteiger partial charge in [0.2, 0.25) is 0 Å². The zero-order valence-corrected chi connectivity index (χ0v) is 10.1. The molecule has 0 radical (unpaired) electrons. The molecule has 1 heterocycles. The molecule has 5 nitrogen and oxygen atoms in total. The monoisotopic (exact) mass is 252 g/mol. The Hall–Kier alpha value is -1.66. The summed E-state index contributed by atoms with van der Waals surface area (Å²) in [5.74, 6) is 0.475. The maximum atomic E-state index is 11.6. The summed E-state index contributed by atoms with van der Waals surface area (Å²) in [6.45, 7) is 0.155. The predicted molar refractivity (Wildman–Crippen MR) is 65.6 cm³/mol. The number of hydrogen-bond acceptors (Lipinski definition) is 5. The van der Waals surface area contributed by atoms with Crippen molar-refractivity contribution in [2.75, 3.05) is 20.3 Å². The van der Waals surface area contributed by atoms with E-state index in [4.69, 9.17) is 9.84 Å². The van der Waals surface area contributed by atoms with E-state index in [0.717, 1.165) is 16.0 Å². The Morgan fingerprint density at radius 1 is 1.59 bits per heavy atom. The van der Waals surface area contributed by atoms with Crippen molar-refractivity contribution in [2.45, 2.75) is 0 Å². The molecule has 0 unspecified atom stereocenters. The molecule has 0 saturated carbocycles. The molecule has 2 aromatic rings. The van der Waals surface area contributed by atoms with Crippen molar-refractivity contribution in [3.8, 4) is 5.75 Å². The van der Waals surface area contributed by atoms with Crippen LogP contribution in [0, 0.1) is 0 Å². The van der Waals surface area contributed by atoms with Crippen LogP contribution < -0.4 is 10.1 Å².